The van der Waals surface area contributed by atoms with E-state index < -0.39 is 35.3 Å². The molecule has 1 rings (SSSR count). The third-order valence-corrected chi connectivity index (χ3v) is 7.75. The first-order chi connectivity index (χ1) is 15.5. The highest BCUT2D eigenvalue weighted by atomic mass is 32.2. The topological polar surface area (TPSA) is 89.8 Å². The maximum atomic E-state index is 13.8. The number of benzene rings is 1. The van der Waals surface area contributed by atoms with Crippen molar-refractivity contribution in [1.82, 2.24) is 4.31 Å². The number of ether oxygens (including phenoxy) is 1. The molecule has 0 aliphatic rings. The molecule has 0 saturated heterocycles. The van der Waals surface area contributed by atoms with Crippen molar-refractivity contribution < 1.29 is 18.1 Å². The normalized spacial score (nSPS) is 13.8. The summed E-state index contributed by atoms with van der Waals surface area (Å²) < 4.78 is 34.9. The van der Waals surface area contributed by atoms with Gasteiger partial charge in [-0.25, -0.2) is 8.42 Å². The van der Waals surface area contributed by atoms with E-state index in [-0.39, 0.29) is 10.6 Å². The number of unbranched alkanes of at least 4 members (excludes halogenated alkanes) is 2. The molecule has 0 unspecified atom stereocenters. The average Bonchev–Trinajstić information content (AvgIpc) is 2.74. The second kappa shape index (κ2) is 13.7. The lowest BCUT2D eigenvalue weighted by atomic mass is 10.1. The molecule has 0 amide bonds. The van der Waals surface area contributed by atoms with Crippen molar-refractivity contribution in [3.8, 4) is 11.5 Å². The minimum absolute atomic E-state index is 0.0173. The maximum Gasteiger partial charge on any atom is 0.269 e. The second-order valence-corrected chi connectivity index (χ2v) is 15.6. The average molecular weight is 495 g/mol. The Hall–Kier alpha value is -1.99. The van der Waals surface area contributed by atoms with Crippen LogP contribution in [-0.4, -0.2) is 44.6 Å². The van der Waals surface area contributed by atoms with Crippen LogP contribution in [0.4, 0.5) is 5.69 Å². The van der Waals surface area contributed by atoms with Crippen LogP contribution in [0.5, 0.6) is 0 Å². The van der Waals surface area contributed by atoms with Crippen LogP contribution in [0.1, 0.15) is 52.4 Å². The number of hydrogen-bond acceptors (Lipinski definition) is 5. The van der Waals surface area contributed by atoms with Gasteiger partial charge in [0.2, 0.25) is 10.0 Å². The molecule has 184 valence electrons. The second-order valence-electron chi connectivity index (χ2n) is 8.99. The van der Waals surface area contributed by atoms with Crippen LogP contribution in [0.3, 0.4) is 0 Å². The van der Waals surface area contributed by atoms with E-state index in [4.69, 9.17) is 4.74 Å². The van der Waals surface area contributed by atoms with Gasteiger partial charge in [0, 0.05) is 31.2 Å². The molecule has 0 aromatic heterocycles. The van der Waals surface area contributed by atoms with Gasteiger partial charge in [0.05, 0.1) is 9.82 Å². The fourth-order valence-electron chi connectivity index (χ4n) is 3.29. The lowest BCUT2D eigenvalue weighted by molar-refractivity contribution is -0.384. The Bertz CT molecular complexity index is 930. The molecule has 0 aliphatic carbocycles. The molecule has 7 nitrogen and oxygen atoms in total. The highest BCUT2D eigenvalue weighted by molar-refractivity contribution is 7.89. The van der Waals surface area contributed by atoms with Gasteiger partial charge in [0.15, 0.2) is 0 Å². The van der Waals surface area contributed by atoms with E-state index >= 15 is 0 Å². The van der Waals surface area contributed by atoms with E-state index in [1.165, 1.54) is 34.6 Å². The Morgan fingerprint density at radius 2 is 1.82 bits per heavy atom. The Labute approximate surface area is 200 Å². The summed E-state index contributed by atoms with van der Waals surface area (Å²) in [5.41, 5.74) is 3.16. The summed E-state index contributed by atoms with van der Waals surface area (Å²) in [7, 11) is -5.65. The number of nitro groups is 1. The number of nitrogens with zero attached hydrogens (tertiary/aromatic N) is 2. The van der Waals surface area contributed by atoms with Crippen LogP contribution in [0.25, 0.3) is 0 Å². The van der Waals surface area contributed by atoms with Crippen molar-refractivity contribution in [3.63, 3.8) is 0 Å². The van der Waals surface area contributed by atoms with Crippen LogP contribution in [0.15, 0.2) is 41.8 Å². The van der Waals surface area contributed by atoms with Gasteiger partial charge < -0.3 is 4.74 Å². The molecule has 0 bridgehead atoms. The summed E-state index contributed by atoms with van der Waals surface area (Å²) in [5.74, 6) is 3.22. The Kier molecular flexibility index (Phi) is 12.0. The SMILES string of the molecule is C=C[C@@H](OCCCCC)N([C@@H](CC#C[Si](C)(C)C)CCC)S(=O)(=O)c1ccc([N+](=O)[O-])cc1. The Morgan fingerprint density at radius 3 is 2.30 bits per heavy atom. The number of non-ortho nitro benzene ring substituents is 1. The molecule has 2 atom stereocenters. The van der Waals surface area contributed by atoms with Gasteiger partial charge in [-0.05, 0) is 31.1 Å². The van der Waals surface area contributed by atoms with Crippen molar-refractivity contribution in [2.45, 2.75) is 89.2 Å². The third kappa shape index (κ3) is 9.41. The van der Waals surface area contributed by atoms with Crippen LogP contribution < -0.4 is 0 Å². The van der Waals surface area contributed by atoms with E-state index in [0.717, 1.165) is 25.7 Å². The van der Waals surface area contributed by atoms with E-state index in [2.05, 4.69) is 44.6 Å². The maximum absolute atomic E-state index is 13.8. The van der Waals surface area contributed by atoms with Crippen molar-refractivity contribution in [3.05, 3.63) is 47.0 Å². The summed E-state index contributed by atoms with van der Waals surface area (Å²) in [6.07, 6.45) is 5.24. The van der Waals surface area contributed by atoms with Crippen LogP contribution >= 0.6 is 0 Å². The molecule has 9 heteroatoms. The van der Waals surface area contributed by atoms with Gasteiger partial charge in [-0.2, -0.15) is 4.31 Å². The molecule has 0 saturated carbocycles. The van der Waals surface area contributed by atoms with Gasteiger partial charge in [-0.3, -0.25) is 10.1 Å². The summed E-state index contributed by atoms with van der Waals surface area (Å²) in [4.78, 5) is 10.4. The smallest absolute Gasteiger partial charge is 0.269 e. The minimum Gasteiger partial charge on any atom is -0.358 e. The lowest BCUT2D eigenvalue weighted by Crippen LogP contribution is -2.47. The highest BCUT2D eigenvalue weighted by Gasteiger charge is 2.36. The predicted octanol–water partition coefficient (Wildman–Crippen LogP) is 5.74. The summed E-state index contributed by atoms with van der Waals surface area (Å²) >= 11 is 0. The summed E-state index contributed by atoms with van der Waals surface area (Å²) in [5, 5.41) is 11.0. The molecule has 1 aromatic rings. The number of sulfonamides is 1. The zero-order valence-electron chi connectivity index (χ0n) is 20.5. The number of nitro benzene ring substituents is 1. The standard InChI is InChI=1S/C24H38N2O5SSi/c1-7-10-11-19-31-24(9-3)25(21(13-8-2)14-12-20-33(4,5)6)32(29,30)23-17-15-22(16-18-23)26(27)28/h9,15-18,21,24H,3,7-8,10-11,13-14,19H2,1-2,4-6H3/t21-,24-/m1/s1. The molecule has 0 fully saturated rings. The van der Waals surface area contributed by atoms with E-state index in [0.29, 0.717) is 19.4 Å². The molecule has 1 aromatic carbocycles. The molecular weight excluding hydrogens is 456 g/mol. The number of rotatable bonds is 14. The summed E-state index contributed by atoms with van der Waals surface area (Å²) in [6.45, 7) is 14.8. The fraction of sp³-hybridized carbons (Fsp3) is 0.583. The monoisotopic (exact) mass is 494 g/mol. The minimum atomic E-state index is -4.03. The van der Waals surface area contributed by atoms with Crippen molar-refractivity contribution in [2.24, 2.45) is 0 Å². The lowest BCUT2D eigenvalue weighted by Gasteiger charge is -2.35. The van der Waals surface area contributed by atoms with Gasteiger partial charge in [-0.15, -0.1) is 11.5 Å². The molecule has 0 spiro atoms. The predicted molar refractivity (Wildman–Crippen MR) is 136 cm³/mol. The first kappa shape index (κ1) is 29.0. The van der Waals surface area contributed by atoms with Gasteiger partial charge in [0.1, 0.15) is 14.3 Å². The molecule has 0 radical (unpaired) electrons. The number of hydrogen-bond donors (Lipinski definition) is 0. The van der Waals surface area contributed by atoms with Crippen LogP contribution in [-0.2, 0) is 14.8 Å². The van der Waals surface area contributed by atoms with Crippen LogP contribution in [0, 0.1) is 21.6 Å². The van der Waals surface area contributed by atoms with Crippen LogP contribution in [0.2, 0.25) is 19.6 Å². The van der Waals surface area contributed by atoms with E-state index in [1.54, 1.807) is 0 Å². The Balaban J connectivity index is 3.44. The van der Waals surface area contributed by atoms with Crippen molar-refractivity contribution in [2.75, 3.05) is 6.61 Å². The van der Waals surface area contributed by atoms with E-state index in [1.807, 2.05) is 6.92 Å². The fourth-order valence-corrected chi connectivity index (χ4v) is 5.64. The molecule has 33 heavy (non-hydrogen) atoms. The first-order valence-electron chi connectivity index (χ1n) is 11.5. The molecule has 0 aliphatic heterocycles. The van der Waals surface area contributed by atoms with Gasteiger partial charge >= 0.3 is 0 Å². The van der Waals surface area contributed by atoms with Crippen molar-refractivity contribution >= 4 is 23.8 Å². The molecule has 0 N–H and O–H groups in total. The first-order valence-corrected chi connectivity index (χ1v) is 16.4. The molecular formula is C24H38N2O5SSi. The Morgan fingerprint density at radius 1 is 1.18 bits per heavy atom. The van der Waals surface area contributed by atoms with E-state index in [9.17, 15) is 18.5 Å². The molecule has 0 heterocycles. The summed E-state index contributed by atoms with van der Waals surface area (Å²) in [6, 6.07) is 4.54. The van der Waals surface area contributed by atoms with Gasteiger partial charge in [-0.1, -0.05) is 59.3 Å². The van der Waals surface area contributed by atoms with Crippen molar-refractivity contribution in [1.29, 1.82) is 0 Å². The third-order valence-electron chi connectivity index (χ3n) is 4.89. The van der Waals surface area contributed by atoms with Gasteiger partial charge in [0.25, 0.3) is 5.69 Å². The zero-order valence-corrected chi connectivity index (χ0v) is 22.4. The highest BCUT2D eigenvalue weighted by Crippen LogP contribution is 2.27. The zero-order chi connectivity index (χ0) is 25.1. The quantitative estimate of drug-likeness (QED) is 0.0625. The largest absolute Gasteiger partial charge is 0.358 e.